The average Bonchev–Trinajstić information content (AvgIpc) is 3.20. The van der Waals surface area contributed by atoms with Gasteiger partial charge in [-0.3, -0.25) is 0 Å². The topological polar surface area (TPSA) is 46.5 Å². The number of imidazole rings is 1. The van der Waals surface area contributed by atoms with Gasteiger partial charge < -0.3 is 9.13 Å². The quantitative estimate of drug-likeness (QED) is 0.532. The van der Waals surface area contributed by atoms with Crippen LogP contribution >= 0.6 is 0 Å². The first-order valence-corrected chi connectivity index (χ1v) is 8.01. The molecule has 0 saturated carbocycles. The van der Waals surface area contributed by atoms with Crippen LogP contribution in [0.5, 0.6) is 0 Å². The Kier molecular flexibility index (Phi) is 2.65. The maximum atomic E-state index is 9.82. The van der Waals surface area contributed by atoms with E-state index in [9.17, 15) is 5.26 Å². The summed E-state index contributed by atoms with van der Waals surface area (Å²) in [4.78, 5) is 4.80. The Bertz CT molecular complexity index is 1110. The normalized spacial score (nSPS) is 12.6. The van der Waals surface area contributed by atoms with Crippen molar-refractivity contribution in [3.63, 3.8) is 0 Å². The van der Waals surface area contributed by atoms with Crippen molar-refractivity contribution in [1.29, 1.82) is 5.26 Å². The Morgan fingerprint density at radius 2 is 1.75 bits per heavy atom. The lowest BCUT2D eigenvalue weighted by Gasteiger charge is -2.18. The minimum atomic E-state index is 0.706. The number of hydrogen-bond donors (Lipinski definition) is 0. The molecule has 3 heterocycles. The fraction of sp³-hybridized carbons (Fsp3) is 0.100. The fourth-order valence-electron chi connectivity index (χ4n) is 3.61. The second kappa shape index (κ2) is 4.84. The lowest BCUT2D eigenvalue weighted by molar-refractivity contribution is 0.567. The molecule has 2 aromatic heterocycles. The van der Waals surface area contributed by atoms with Crippen molar-refractivity contribution in [3.8, 4) is 28.7 Å². The van der Waals surface area contributed by atoms with E-state index in [-0.39, 0.29) is 0 Å². The highest BCUT2D eigenvalue weighted by Gasteiger charge is 2.26. The Morgan fingerprint density at radius 3 is 2.58 bits per heavy atom. The first kappa shape index (κ1) is 13.1. The molecule has 0 saturated heterocycles. The molecule has 0 amide bonds. The first-order valence-electron chi connectivity index (χ1n) is 8.01. The van der Waals surface area contributed by atoms with Crippen LogP contribution in [0.2, 0.25) is 0 Å². The van der Waals surface area contributed by atoms with Crippen molar-refractivity contribution in [3.05, 3.63) is 66.4 Å². The Hall–Kier alpha value is -3.32. The number of hydrogen-bond acceptors (Lipinski definition) is 2. The van der Waals surface area contributed by atoms with E-state index >= 15 is 0 Å². The van der Waals surface area contributed by atoms with Crippen molar-refractivity contribution in [2.24, 2.45) is 0 Å². The molecule has 4 heteroatoms. The van der Waals surface area contributed by atoms with E-state index in [4.69, 9.17) is 4.98 Å². The summed E-state index contributed by atoms with van der Waals surface area (Å²) in [7, 11) is 0. The van der Waals surface area contributed by atoms with Crippen LogP contribution in [0.15, 0.2) is 60.8 Å². The monoisotopic (exact) mass is 310 g/mol. The number of nitrogens with zero attached hydrogens (tertiary/aromatic N) is 4. The van der Waals surface area contributed by atoms with Crippen LogP contribution in [-0.2, 0) is 13.1 Å². The van der Waals surface area contributed by atoms with Crippen LogP contribution in [0.3, 0.4) is 0 Å². The van der Waals surface area contributed by atoms with E-state index in [0.29, 0.717) is 5.56 Å². The smallest absolute Gasteiger partial charge is 0.159 e. The molecule has 4 nitrogen and oxygen atoms in total. The molecule has 1 aliphatic heterocycles. The molecule has 0 aliphatic carbocycles. The van der Waals surface area contributed by atoms with Crippen LogP contribution in [0.25, 0.3) is 33.7 Å². The molecule has 0 fully saturated rings. The van der Waals surface area contributed by atoms with Crippen LogP contribution < -0.4 is 0 Å². The zero-order valence-corrected chi connectivity index (χ0v) is 13.0. The van der Waals surface area contributed by atoms with Crippen LogP contribution in [0.1, 0.15) is 5.56 Å². The fourth-order valence-corrected chi connectivity index (χ4v) is 3.61. The summed E-state index contributed by atoms with van der Waals surface area (Å²) in [6.07, 6.45) is 2.09. The lowest BCUT2D eigenvalue weighted by atomic mass is 10.0. The van der Waals surface area contributed by atoms with Gasteiger partial charge in [-0.05, 0) is 17.7 Å². The van der Waals surface area contributed by atoms with Gasteiger partial charge in [-0.2, -0.15) is 5.26 Å². The van der Waals surface area contributed by atoms with E-state index in [1.807, 2.05) is 48.5 Å². The predicted octanol–water partition coefficient (Wildman–Crippen LogP) is 4.06. The molecule has 0 bridgehead atoms. The van der Waals surface area contributed by atoms with E-state index in [0.717, 1.165) is 46.8 Å². The van der Waals surface area contributed by atoms with Gasteiger partial charge >= 0.3 is 0 Å². The molecule has 1 aliphatic rings. The summed E-state index contributed by atoms with van der Waals surface area (Å²) in [5.74, 6) is 0.890. The van der Waals surface area contributed by atoms with E-state index in [1.54, 1.807) is 0 Å². The maximum absolute atomic E-state index is 9.82. The van der Waals surface area contributed by atoms with Crippen molar-refractivity contribution >= 4 is 11.0 Å². The Morgan fingerprint density at radius 1 is 0.958 bits per heavy atom. The number of benzene rings is 2. The molecule has 0 N–H and O–H groups in total. The van der Waals surface area contributed by atoms with Crippen LogP contribution in [-0.4, -0.2) is 14.1 Å². The summed E-state index contributed by atoms with van der Waals surface area (Å²) in [6.45, 7) is 1.72. The van der Waals surface area contributed by atoms with Gasteiger partial charge in [-0.15, -0.1) is 0 Å². The average molecular weight is 310 g/mol. The second-order valence-corrected chi connectivity index (χ2v) is 6.01. The highest BCUT2D eigenvalue weighted by molar-refractivity contribution is 5.85. The van der Waals surface area contributed by atoms with Crippen molar-refractivity contribution in [2.45, 2.75) is 13.1 Å². The van der Waals surface area contributed by atoms with Gasteiger partial charge in [-0.25, -0.2) is 4.98 Å². The number of fused-ring (bicyclic) bond motifs is 5. The highest BCUT2D eigenvalue weighted by atomic mass is 15.2. The summed E-state index contributed by atoms with van der Waals surface area (Å²) < 4.78 is 4.39. The minimum Gasteiger partial charge on any atom is -0.341 e. The van der Waals surface area contributed by atoms with Gasteiger partial charge in [0.25, 0.3) is 0 Å². The standard InChI is InChI=1S/C20H14N4/c21-12-15-16(14-6-2-1-3-7-14)13-23-10-11-24-18-9-5-4-8-17(18)22-20(24)19(15)23/h1-9,13H,10-11H2. The number of aromatic nitrogens is 3. The maximum Gasteiger partial charge on any atom is 0.159 e. The van der Waals surface area contributed by atoms with E-state index in [2.05, 4.69) is 27.5 Å². The number of para-hydroxylation sites is 2. The number of rotatable bonds is 1. The van der Waals surface area contributed by atoms with Gasteiger partial charge in [-0.1, -0.05) is 42.5 Å². The molecule has 0 atom stereocenters. The molecule has 5 rings (SSSR count). The first-order chi connectivity index (χ1) is 11.9. The molecule has 0 radical (unpaired) electrons. The lowest BCUT2D eigenvalue weighted by Crippen LogP contribution is -2.16. The van der Waals surface area contributed by atoms with Gasteiger partial charge in [0.2, 0.25) is 0 Å². The summed E-state index contributed by atoms with van der Waals surface area (Å²) in [6, 6.07) is 20.7. The molecular weight excluding hydrogens is 296 g/mol. The number of nitriles is 1. The summed E-state index contributed by atoms with van der Waals surface area (Å²) in [5.41, 5.74) is 5.79. The van der Waals surface area contributed by atoms with Gasteiger partial charge in [0.1, 0.15) is 11.8 Å². The van der Waals surface area contributed by atoms with Gasteiger partial charge in [0.05, 0.1) is 16.6 Å². The molecule has 114 valence electrons. The largest absolute Gasteiger partial charge is 0.341 e. The Labute approximate surface area is 139 Å². The SMILES string of the molecule is N#Cc1c(-c2ccccc2)cn2c1-c1nc3ccccc3n1CC2. The predicted molar refractivity (Wildman–Crippen MR) is 93.3 cm³/mol. The van der Waals surface area contributed by atoms with E-state index in [1.165, 1.54) is 0 Å². The zero-order chi connectivity index (χ0) is 16.1. The third-order valence-corrected chi connectivity index (χ3v) is 4.71. The van der Waals surface area contributed by atoms with Gasteiger partial charge in [0.15, 0.2) is 5.82 Å². The highest BCUT2D eigenvalue weighted by Crippen LogP contribution is 2.37. The molecule has 0 spiro atoms. The summed E-state index contributed by atoms with van der Waals surface area (Å²) >= 11 is 0. The third kappa shape index (κ3) is 1.70. The van der Waals surface area contributed by atoms with Gasteiger partial charge in [0, 0.05) is 24.8 Å². The Balaban J connectivity index is 1.82. The molecule has 4 aromatic rings. The van der Waals surface area contributed by atoms with Crippen molar-refractivity contribution in [1.82, 2.24) is 14.1 Å². The molecule has 0 unspecified atom stereocenters. The summed E-state index contributed by atoms with van der Waals surface area (Å²) in [5, 5.41) is 9.82. The van der Waals surface area contributed by atoms with E-state index < -0.39 is 0 Å². The molecule has 2 aromatic carbocycles. The van der Waals surface area contributed by atoms with Crippen molar-refractivity contribution < 1.29 is 0 Å². The van der Waals surface area contributed by atoms with Crippen LogP contribution in [0.4, 0.5) is 0 Å². The van der Waals surface area contributed by atoms with Crippen LogP contribution in [0, 0.1) is 11.3 Å². The zero-order valence-electron chi connectivity index (χ0n) is 13.0. The minimum absolute atomic E-state index is 0.706. The molecular formula is C20H14N4. The molecule has 24 heavy (non-hydrogen) atoms. The third-order valence-electron chi connectivity index (χ3n) is 4.71. The number of aryl methyl sites for hydroxylation is 2. The van der Waals surface area contributed by atoms with Crippen molar-refractivity contribution in [2.75, 3.05) is 0 Å². The second-order valence-electron chi connectivity index (χ2n) is 6.01.